The molecule has 126 valence electrons. The number of hydrogen-bond acceptors (Lipinski definition) is 5. The number of amides is 2. The molecule has 3 rings (SSSR count). The SMILES string of the molecule is C=CC[N+]1=C2N=C(C)C(C(=O)OC)C(c3ccc(C#N)cc3)N2C1=O. The molecule has 2 unspecified atom stereocenters. The summed E-state index contributed by atoms with van der Waals surface area (Å²) in [6.07, 6.45) is 1.62. The van der Waals surface area contributed by atoms with Crippen LogP contribution in [0.1, 0.15) is 24.1 Å². The monoisotopic (exact) mass is 337 g/mol. The fourth-order valence-electron chi connectivity index (χ4n) is 3.16. The van der Waals surface area contributed by atoms with Crippen LogP contribution in [-0.2, 0) is 9.53 Å². The molecule has 0 bridgehead atoms. The van der Waals surface area contributed by atoms with Gasteiger partial charge in [0.2, 0.25) is 0 Å². The lowest BCUT2D eigenvalue weighted by molar-refractivity contribution is -0.461. The molecule has 2 amide bonds. The van der Waals surface area contributed by atoms with E-state index in [1.165, 1.54) is 16.6 Å². The molecule has 0 aromatic heterocycles. The second kappa shape index (κ2) is 6.32. The van der Waals surface area contributed by atoms with Crippen LogP contribution in [0, 0.1) is 17.2 Å². The van der Waals surface area contributed by atoms with Crippen molar-refractivity contribution in [3.05, 3.63) is 48.0 Å². The summed E-state index contributed by atoms with van der Waals surface area (Å²) in [6.45, 7) is 5.75. The summed E-state index contributed by atoms with van der Waals surface area (Å²) in [7, 11) is 1.31. The Morgan fingerprint density at radius 2 is 2.16 bits per heavy atom. The van der Waals surface area contributed by atoms with Gasteiger partial charge in [-0.3, -0.25) is 4.79 Å². The molecule has 0 radical (unpaired) electrons. The van der Waals surface area contributed by atoms with Gasteiger partial charge in [-0.15, -0.1) is 11.6 Å². The number of nitriles is 1. The minimum absolute atomic E-state index is 0.241. The van der Waals surface area contributed by atoms with E-state index in [4.69, 9.17) is 10.00 Å². The highest BCUT2D eigenvalue weighted by atomic mass is 16.5. The Morgan fingerprint density at radius 1 is 1.48 bits per heavy atom. The summed E-state index contributed by atoms with van der Waals surface area (Å²) in [4.78, 5) is 30.8. The number of esters is 1. The number of aliphatic imine (C=N–C) groups is 1. The second-order valence-electron chi connectivity index (χ2n) is 5.78. The number of fused-ring (bicyclic) bond motifs is 1. The fourth-order valence-corrected chi connectivity index (χ4v) is 3.16. The Kier molecular flexibility index (Phi) is 4.19. The number of carbonyl (C=O) groups is 2. The predicted molar refractivity (Wildman–Crippen MR) is 90.1 cm³/mol. The van der Waals surface area contributed by atoms with Crippen LogP contribution in [0.15, 0.2) is 41.9 Å². The van der Waals surface area contributed by atoms with E-state index in [1.807, 2.05) is 0 Å². The summed E-state index contributed by atoms with van der Waals surface area (Å²) >= 11 is 0. The summed E-state index contributed by atoms with van der Waals surface area (Å²) in [5, 5.41) is 8.97. The average Bonchev–Trinajstić information content (AvgIpc) is 2.64. The number of nitrogens with zero attached hydrogens (tertiary/aromatic N) is 4. The molecule has 7 heteroatoms. The number of hydrogen-bond donors (Lipinski definition) is 0. The molecular weight excluding hydrogens is 320 g/mol. The molecule has 0 saturated carbocycles. The van der Waals surface area contributed by atoms with Crippen molar-refractivity contribution in [1.29, 1.82) is 5.26 Å². The molecule has 7 nitrogen and oxygen atoms in total. The summed E-state index contributed by atoms with van der Waals surface area (Å²) in [5.74, 6) is -0.655. The zero-order chi connectivity index (χ0) is 18.1. The number of ether oxygens (including phenoxy) is 1. The maximum Gasteiger partial charge on any atom is 0.421 e. The number of guanidine groups is 1. The molecule has 1 aromatic rings. The molecule has 0 spiro atoms. The van der Waals surface area contributed by atoms with Crippen LogP contribution in [0.4, 0.5) is 4.79 Å². The van der Waals surface area contributed by atoms with E-state index < -0.39 is 17.9 Å². The largest absolute Gasteiger partial charge is 0.468 e. The molecule has 2 aliphatic rings. The van der Waals surface area contributed by atoms with E-state index in [9.17, 15) is 9.59 Å². The van der Waals surface area contributed by atoms with E-state index in [0.717, 1.165) is 5.56 Å². The van der Waals surface area contributed by atoms with Crippen LogP contribution < -0.4 is 0 Å². The summed E-state index contributed by atoms with van der Waals surface area (Å²) in [6, 6.07) is 8.08. The number of rotatable bonds is 4. The standard InChI is InChI=1S/C18H17N4O3/c1-4-9-21-17-20-11(2)14(16(23)25-3)15(22(17)18(21)24)13-7-5-12(10-19)6-8-13/h4-8,14-15H,1,9H2,2-3H3/q+1. The molecule has 0 aliphatic carbocycles. The molecule has 0 saturated heterocycles. The molecular formula is C18H17N4O3+. The van der Waals surface area contributed by atoms with Gasteiger partial charge in [0.1, 0.15) is 12.0 Å². The van der Waals surface area contributed by atoms with Crippen LogP contribution in [0.5, 0.6) is 0 Å². The molecule has 1 aromatic carbocycles. The smallest absolute Gasteiger partial charge is 0.421 e. The minimum Gasteiger partial charge on any atom is -0.468 e. The predicted octanol–water partition coefficient (Wildman–Crippen LogP) is 1.85. The maximum atomic E-state index is 12.6. The lowest BCUT2D eigenvalue weighted by Crippen LogP contribution is -2.63. The van der Waals surface area contributed by atoms with Gasteiger partial charge in [-0.05, 0) is 24.6 Å². The number of benzene rings is 1. The van der Waals surface area contributed by atoms with E-state index in [0.29, 0.717) is 23.8 Å². The van der Waals surface area contributed by atoms with Gasteiger partial charge in [0.25, 0.3) is 0 Å². The van der Waals surface area contributed by atoms with Crippen LogP contribution in [0.25, 0.3) is 0 Å². The first-order chi connectivity index (χ1) is 12.0. The first-order valence-electron chi connectivity index (χ1n) is 7.75. The van der Waals surface area contributed by atoms with E-state index >= 15 is 0 Å². The van der Waals surface area contributed by atoms with Crippen molar-refractivity contribution in [2.24, 2.45) is 10.9 Å². The van der Waals surface area contributed by atoms with Crippen molar-refractivity contribution >= 4 is 23.7 Å². The number of methoxy groups -OCH3 is 1. The molecule has 2 aliphatic heterocycles. The van der Waals surface area contributed by atoms with Crippen molar-refractivity contribution in [3.63, 3.8) is 0 Å². The van der Waals surface area contributed by atoms with E-state index in [1.54, 1.807) is 37.3 Å². The first kappa shape index (κ1) is 16.6. The Morgan fingerprint density at radius 3 is 2.72 bits per heavy atom. The van der Waals surface area contributed by atoms with Gasteiger partial charge in [0.05, 0.1) is 31.0 Å². The van der Waals surface area contributed by atoms with Crippen LogP contribution in [0.3, 0.4) is 0 Å². The highest BCUT2D eigenvalue weighted by Crippen LogP contribution is 2.38. The quantitative estimate of drug-likeness (QED) is 0.477. The van der Waals surface area contributed by atoms with E-state index in [2.05, 4.69) is 17.6 Å². The van der Waals surface area contributed by atoms with Crippen molar-refractivity contribution < 1.29 is 18.9 Å². The Bertz CT molecular complexity index is 861. The fraction of sp³-hybridized carbons (Fsp3) is 0.278. The Labute approximate surface area is 145 Å². The first-order valence-corrected chi connectivity index (χ1v) is 7.75. The highest BCUT2D eigenvalue weighted by Gasteiger charge is 2.56. The Balaban J connectivity index is 2.13. The van der Waals surface area contributed by atoms with Crippen LogP contribution in [0.2, 0.25) is 0 Å². The van der Waals surface area contributed by atoms with Crippen molar-refractivity contribution in [3.8, 4) is 6.07 Å². The third-order valence-corrected chi connectivity index (χ3v) is 4.36. The molecule has 2 atom stereocenters. The third kappa shape index (κ3) is 2.52. The molecule has 25 heavy (non-hydrogen) atoms. The zero-order valence-electron chi connectivity index (χ0n) is 14.0. The van der Waals surface area contributed by atoms with Gasteiger partial charge in [0, 0.05) is 0 Å². The van der Waals surface area contributed by atoms with Crippen LogP contribution in [-0.4, -0.2) is 46.8 Å². The maximum absolute atomic E-state index is 12.6. The van der Waals surface area contributed by atoms with Gasteiger partial charge in [-0.2, -0.15) is 14.7 Å². The average molecular weight is 337 g/mol. The van der Waals surface area contributed by atoms with Crippen molar-refractivity contribution in [2.45, 2.75) is 13.0 Å². The number of carbonyl (C=O) groups excluding carboxylic acids is 2. The van der Waals surface area contributed by atoms with Gasteiger partial charge in [0.15, 0.2) is 0 Å². The van der Waals surface area contributed by atoms with Gasteiger partial charge in [-0.1, -0.05) is 18.2 Å². The third-order valence-electron chi connectivity index (χ3n) is 4.36. The lowest BCUT2D eigenvalue weighted by atomic mass is 9.86. The normalized spacial score (nSPS) is 21.7. The van der Waals surface area contributed by atoms with Crippen molar-refractivity contribution in [1.82, 2.24) is 4.90 Å². The van der Waals surface area contributed by atoms with Gasteiger partial charge < -0.3 is 4.74 Å². The van der Waals surface area contributed by atoms with Crippen molar-refractivity contribution in [2.75, 3.05) is 13.7 Å². The zero-order valence-corrected chi connectivity index (χ0v) is 14.0. The number of urea groups is 1. The van der Waals surface area contributed by atoms with E-state index in [-0.39, 0.29) is 6.03 Å². The summed E-state index contributed by atoms with van der Waals surface area (Å²) < 4.78 is 6.43. The second-order valence-corrected chi connectivity index (χ2v) is 5.78. The van der Waals surface area contributed by atoms with Crippen LogP contribution >= 0.6 is 0 Å². The highest BCUT2D eigenvalue weighted by molar-refractivity contribution is 6.14. The Hall–Kier alpha value is -3.27. The minimum atomic E-state index is -0.698. The van der Waals surface area contributed by atoms with Gasteiger partial charge in [-0.25, -0.2) is 4.79 Å². The topological polar surface area (TPSA) is 85.8 Å². The lowest BCUT2D eigenvalue weighted by Gasteiger charge is -2.39. The summed E-state index contributed by atoms with van der Waals surface area (Å²) in [5.41, 5.74) is 1.83. The molecule has 0 N–H and O–H groups in total. The van der Waals surface area contributed by atoms with Gasteiger partial charge >= 0.3 is 18.0 Å². The molecule has 0 fully saturated rings. The molecule has 2 heterocycles.